The average Bonchev–Trinajstić information content (AvgIpc) is 2.43. The molecule has 0 radical (unpaired) electrons. The van der Waals surface area contributed by atoms with Gasteiger partial charge in [0.1, 0.15) is 0 Å². The summed E-state index contributed by atoms with van der Waals surface area (Å²) in [6.45, 7) is 9.56. The van der Waals surface area contributed by atoms with Gasteiger partial charge in [0.2, 0.25) is 0 Å². The number of aryl methyl sites for hydroxylation is 1. The minimum atomic E-state index is 0.149. The highest BCUT2D eigenvalue weighted by molar-refractivity contribution is 5.97. The molecule has 1 rings (SSSR count). The second-order valence-electron chi connectivity index (χ2n) is 5.18. The number of benzene rings is 1. The van der Waals surface area contributed by atoms with Crippen molar-refractivity contribution in [2.24, 2.45) is 16.8 Å². The van der Waals surface area contributed by atoms with E-state index >= 15 is 0 Å². The minimum absolute atomic E-state index is 0.149. The molecule has 0 amide bonds. The Morgan fingerprint density at radius 2 is 2.11 bits per heavy atom. The van der Waals surface area contributed by atoms with E-state index in [0.717, 1.165) is 17.7 Å². The second-order valence-corrected chi connectivity index (χ2v) is 5.18. The van der Waals surface area contributed by atoms with Gasteiger partial charge < -0.3 is 16.3 Å². The average molecular weight is 263 g/mol. The van der Waals surface area contributed by atoms with Crippen LogP contribution in [0.3, 0.4) is 0 Å². The van der Waals surface area contributed by atoms with E-state index in [0.29, 0.717) is 12.0 Å². The van der Waals surface area contributed by atoms with Gasteiger partial charge in [-0.1, -0.05) is 37.6 Å². The Bertz CT molecular complexity index is 443. The van der Waals surface area contributed by atoms with Crippen LogP contribution in [0.15, 0.2) is 23.4 Å². The molecule has 1 aromatic carbocycles. The molecular weight excluding hydrogens is 238 g/mol. The van der Waals surface area contributed by atoms with Gasteiger partial charge in [-0.05, 0) is 37.0 Å². The molecule has 0 heterocycles. The zero-order valence-electron chi connectivity index (χ0n) is 12.3. The maximum Gasteiger partial charge on any atom is 0.170 e. The summed E-state index contributed by atoms with van der Waals surface area (Å²) in [5, 5.41) is 15.2. The van der Waals surface area contributed by atoms with Crippen LogP contribution >= 0.6 is 0 Å². The molecule has 0 aliphatic carbocycles. The molecule has 0 fully saturated rings. The van der Waals surface area contributed by atoms with Gasteiger partial charge in [-0.2, -0.15) is 0 Å². The summed E-state index contributed by atoms with van der Waals surface area (Å²) in [5.74, 6) is 0.812. The molecule has 0 aliphatic heterocycles. The third kappa shape index (κ3) is 4.24. The van der Waals surface area contributed by atoms with Gasteiger partial charge in [0.05, 0.1) is 0 Å². The van der Waals surface area contributed by atoms with Crippen LogP contribution < -0.4 is 11.1 Å². The molecule has 4 heteroatoms. The number of hydrogen-bond donors (Lipinski definition) is 3. The molecule has 19 heavy (non-hydrogen) atoms. The van der Waals surface area contributed by atoms with Crippen LogP contribution in [-0.4, -0.2) is 17.1 Å². The Labute approximate surface area is 115 Å². The maximum absolute atomic E-state index is 8.66. The van der Waals surface area contributed by atoms with E-state index in [1.807, 2.05) is 25.1 Å². The normalized spacial score (nSPS) is 15.3. The van der Waals surface area contributed by atoms with Crippen LogP contribution in [0, 0.1) is 12.8 Å². The molecule has 0 spiro atoms. The smallest absolute Gasteiger partial charge is 0.170 e. The van der Waals surface area contributed by atoms with Gasteiger partial charge in [-0.15, -0.1) is 0 Å². The van der Waals surface area contributed by atoms with Crippen LogP contribution in [0.2, 0.25) is 0 Å². The van der Waals surface area contributed by atoms with E-state index < -0.39 is 0 Å². The first kappa shape index (κ1) is 15.5. The van der Waals surface area contributed by atoms with Crippen molar-refractivity contribution in [2.45, 2.75) is 46.7 Å². The quantitative estimate of drug-likeness (QED) is 0.320. The van der Waals surface area contributed by atoms with Crippen molar-refractivity contribution in [1.82, 2.24) is 5.32 Å². The zero-order valence-corrected chi connectivity index (χ0v) is 12.3. The summed E-state index contributed by atoms with van der Waals surface area (Å²) in [5.41, 5.74) is 8.71. The van der Waals surface area contributed by atoms with Crippen LogP contribution in [0.4, 0.5) is 0 Å². The molecule has 106 valence electrons. The molecule has 0 bridgehead atoms. The molecule has 0 saturated heterocycles. The number of oxime groups is 1. The number of nitrogens with zero attached hydrogens (tertiary/aromatic N) is 1. The Balaban J connectivity index is 2.70. The van der Waals surface area contributed by atoms with Gasteiger partial charge >= 0.3 is 0 Å². The minimum Gasteiger partial charge on any atom is -0.409 e. The SMILES string of the molecule is CCC(C)C(C)NCc1ccc(/C(N)=N/O)cc1C. The first-order chi connectivity index (χ1) is 8.99. The molecule has 0 aliphatic rings. The first-order valence-corrected chi connectivity index (χ1v) is 6.80. The van der Waals surface area contributed by atoms with Crippen LogP contribution in [0.5, 0.6) is 0 Å². The number of nitrogens with two attached hydrogens (primary N) is 1. The molecule has 0 aromatic heterocycles. The van der Waals surface area contributed by atoms with Crippen molar-refractivity contribution < 1.29 is 5.21 Å². The molecule has 4 N–H and O–H groups in total. The standard InChI is InChI=1S/C15H25N3O/c1-5-10(2)12(4)17-9-14-7-6-13(8-11(14)3)15(16)18-19/h6-8,10,12,17,19H,5,9H2,1-4H3,(H2,16,18). The van der Waals surface area contributed by atoms with E-state index in [1.165, 1.54) is 12.0 Å². The van der Waals surface area contributed by atoms with Gasteiger partial charge in [-0.25, -0.2) is 0 Å². The summed E-state index contributed by atoms with van der Waals surface area (Å²) >= 11 is 0. The van der Waals surface area contributed by atoms with Crippen molar-refractivity contribution in [3.8, 4) is 0 Å². The Kier molecular flexibility index (Phi) is 5.83. The van der Waals surface area contributed by atoms with Crippen LogP contribution in [-0.2, 0) is 6.54 Å². The fourth-order valence-corrected chi connectivity index (χ4v) is 1.94. The van der Waals surface area contributed by atoms with E-state index in [2.05, 4.69) is 31.2 Å². The van der Waals surface area contributed by atoms with Crippen molar-refractivity contribution in [1.29, 1.82) is 0 Å². The number of rotatable bonds is 6. The highest BCUT2D eigenvalue weighted by Gasteiger charge is 2.10. The van der Waals surface area contributed by atoms with Gasteiger partial charge in [0.25, 0.3) is 0 Å². The highest BCUT2D eigenvalue weighted by Crippen LogP contribution is 2.13. The molecule has 2 unspecified atom stereocenters. The van der Waals surface area contributed by atoms with E-state index in [-0.39, 0.29) is 5.84 Å². The second kappa shape index (κ2) is 7.14. The fourth-order valence-electron chi connectivity index (χ4n) is 1.94. The van der Waals surface area contributed by atoms with E-state index in [9.17, 15) is 0 Å². The molecule has 2 atom stereocenters. The Morgan fingerprint density at radius 3 is 2.63 bits per heavy atom. The molecular formula is C15H25N3O. The predicted octanol–water partition coefficient (Wildman–Crippen LogP) is 2.61. The summed E-state index contributed by atoms with van der Waals surface area (Å²) in [7, 11) is 0. The zero-order chi connectivity index (χ0) is 14.4. The monoisotopic (exact) mass is 263 g/mol. The Morgan fingerprint density at radius 1 is 1.42 bits per heavy atom. The number of hydrogen-bond acceptors (Lipinski definition) is 3. The molecule has 0 saturated carbocycles. The lowest BCUT2D eigenvalue weighted by Gasteiger charge is -2.20. The topological polar surface area (TPSA) is 70.6 Å². The number of amidine groups is 1. The van der Waals surface area contributed by atoms with E-state index in [4.69, 9.17) is 10.9 Å². The van der Waals surface area contributed by atoms with Gasteiger partial charge in [-0.3, -0.25) is 0 Å². The summed E-state index contributed by atoms with van der Waals surface area (Å²) < 4.78 is 0. The predicted molar refractivity (Wildman–Crippen MR) is 79.4 cm³/mol. The summed E-state index contributed by atoms with van der Waals surface area (Å²) in [6, 6.07) is 6.35. The molecule has 4 nitrogen and oxygen atoms in total. The highest BCUT2D eigenvalue weighted by atomic mass is 16.4. The maximum atomic E-state index is 8.66. The third-order valence-corrected chi connectivity index (χ3v) is 3.86. The van der Waals surface area contributed by atoms with Gasteiger partial charge in [0.15, 0.2) is 5.84 Å². The lowest BCUT2D eigenvalue weighted by atomic mass is 9.99. The molecule has 1 aromatic rings. The van der Waals surface area contributed by atoms with Crippen LogP contribution in [0.1, 0.15) is 43.9 Å². The van der Waals surface area contributed by atoms with Crippen molar-refractivity contribution in [2.75, 3.05) is 0 Å². The third-order valence-electron chi connectivity index (χ3n) is 3.86. The number of nitrogens with one attached hydrogen (secondary N) is 1. The summed E-state index contributed by atoms with van der Waals surface area (Å²) in [6.07, 6.45) is 1.18. The lowest BCUT2D eigenvalue weighted by Crippen LogP contribution is -2.31. The van der Waals surface area contributed by atoms with Crippen molar-refractivity contribution >= 4 is 5.84 Å². The summed E-state index contributed by atoms with van der Waals surface area (Å²) in [4.78, 5) is 0. The largest absolute Gasteiger partial charge is 0.409 e. The fraction of sp³-hybridized carbons (Fsp3) is 0.533. The first-order valence-electron chi connectivity index (χ1n) is 6.80. The van der Waals surface area contributed by atoms with Crippen molar-refractivity contribution in [3.63, 3.8) is 0 Å². The Hall–Kier alpha value is -1.55. The van der Waals surface area contributed by atoms with E-state index in [1.54, 1.807) is 0 Å². The lowest BCUT2D eigenvalue weighted by molar-refractivity contribution is 0.318. The van der Waals surface area contributed by atoms with Crippen LogP contribution in [0.25, 0.3) is 0 Å². The van der Waals surface area contributed by atoms with Gasteiger partial charge in [0, 0.05) is 18.2 Å². The van der Waals surface area contributed by atoms with Crippen molar-refractivity contribution in [3.05, 3.63) is 34.9 Å².